The highest BCUT2D eigenvalue weighted by Gasteiger charge is 2.29. The van der Waals surface area contributed by atoms with Gasteiger partial charge in [-0.25, -0.2) is 13.9 Å². The molecule has 5 aromatic rings. The quantitative estimate of drug-likeness (QED) is 0.117. The van der Waals surface area contributed by atoms with Crippen molar-refractivity contribution in [3.05, 3.63) is 128 Å². The highest BCUT2D eigenvalue weighted by molar-refractivity contribution is 6.42. The second kappa shape index (κ2) is 15.9. The molecule has 1 unspecified atom stereocenters. The molecule has 0 fully saturated rings. The molecule has 11 heteroatoms. The van der Waals surface area contributed by atoms with Gasteiger partial charge in [-0.05, 0) is 90.3 Å². The standard InChI is InChI=1S/C42H43Cl2FN4O4/c1-9-34(52-35-20-13-26(41(4,5)10-2)23-30(35)42(6,7)11-3)39(50)47-27-14-17-29(18-15-27)49-40(51)38(53-36-21-16-28(46-8)24-33(36)45)37(48-49)25-12-19-31(43)32(44)22-25/h12-24,34,48H,9-11H2,1-7H3,(H,47,50). The third kappa shape index (κ3) is 8.45. The van der Waals surface area contributed by atoms with Crippen LogP contribution in [0.4, 0.5) is 15.8 Å². The number of aromatic amines is 1. The highest BCUT2D eigenvalue weighted by atomic mass is 35.5. The van der Waals surface area contributed by atoms with Gasteiger partial charge >= 0.3 is 5.56 Å². The molecule has 276 valence electrons. The molecular formula is C42H43Cl2FN4O4. The summed E-state index contributed by atoms with van der Waals surface area (Å²) in [5, 5.41) is 6.55. The lowest BCUT2D eigenvalue weighted by molar-refractivity contribution is -0.122. The van der Waals surface area contributed by atoms with Crippen LogP contribution < -0.4 is 20.3 Å². The molecule has 0 saturated carbocycles. The van der Waals surface area contributed by atoms with Gasteiger partial charge in [0.15, 0.2) is 23.4 Å². The number of halogens is 3. The number of carbonyl (C=O) groups excluding carboxylic acids is 1. The van der Waals surface area contributed by atoms with Gasteiger partial charge in [0.2, 0.25) is 5.75 Å². The minimum Gasteiger partial charge on any atom is -0.480 e. The number of rotatable bonds is 13. The van der Waals surface area contributed by atoms with E-state index >= 15 is 0 Å². The normalized spacial score (nSPS) is 12.2. The summed E-state index contributed by atoms with van der Waals surface area (Å²) in [4.78, 5) is 30.6. The Balaban J connectivity index is 1.42. The van der Waals surface area contributed by atoms with E-state index in [0.29, 0.717) is 34.1 Å². The number of hydrogen-bond acceptors (Lipinski definition) is 4. The van der Waals surface area contributed by atoms with Crippen LogP contribution in [0.2, 0.25) is 10.0 Å². The smallest absolute Gasteiger partial charge is 0.314 e. The Morgan fingerprint density at radius 3 is 2.19 bits per heavy atom. The van der Waals surface area contributed by atoms with Crippen LogP contribution in [-0.4, -0.2) is 21.8 Å². The minimum absolute atomic E-state index is 0.000422. The Bertz CT molecular complexity index is 2240. The number of hydrogen-bond donors (Lipinski definition) is 2. The van der Waals surface area contributed by atoms with Gasteiger partial charge in [-0.15, -0.1) is 0 Å². The van der Waals surface area contributed by atoms with Crippen LogP contribution in [-0.2, 0) is 15.6 Å². The molecule has 0 aliphatic carbocycles. The Hall–Kier alpha value is -5.04. The number of ether oxygens (including phenoxy) is 2. The molecule has 1 amide bonds. The van der Waals surface area contributed by atoms with Crippen LogP contribution in [0.5, 0.6) is 17.2 Å². The Morgan fingerprint density at radius 2 is 1.58 bits per heavy atom. The Kier molecular flexibility index (Phi) is 11.8. The van der Waals surface area contributed by atoms with E-state index in [9.17, 15) is 14.0 Å². The number of amides is 1. The lowest BCUT2D eigenvalue weighted by Crippen LogP contribution is -2.33. The van der Waals surface area contributed by atoms with Crippen molar-refractivity contribution < 1.29 is 18.7 Å². The number of carbonyl (C=O) groups is 1. The predicted molar refractivity (Wildman–Crippen MR) is 211 cm³/mol. The van der Waals surface area contributed by atoms with Crippen molar-refractivity contribution in [1.82, 2.24) is 9.78 Å². The largest absolute Gasteiger partial charge is 0.480 e. The number of nitrogens with zero attached hydrogens (tertiary/aromatic N) is 2. The van der Waals surface area contributed by atoms with Crippen LogP contribution in [0.1, 0.15) is 78.9 Å². The van der Waals surface area contributed by atoms with E-state index in [1.165, 1.54) is 22.4 Å². The molecule has 1 heterocycles. The Labute approximate surface area is 319 Å². The van der Waals surface area contributed by atoms with E-state index in [1.807, 2.05) is 13.0 Å². The first kappa shape index (κ1) is 39.2. The SMILES string of the molecule is [C-]#[N+]c1ccc(Oc2c(-c3ccc(Cl)c(Cl)c3)[nH]n(-c3ccc(NC(=O)C(CC)Oc4ccc(C(C)(C)CC)cc4C(C)(C)CC)cc3)c2=O)c(F)c1. The molecule has 0 aliphatic rings. The van der Waals surface area contributed by atoms with Crippen molar-refractivity contribution in [3.63, 3.8) is 0 Å². The number of anilines is 1. The fourth-order valence-electron chi connectivity index (χ4n) is 5.67. The average Bonchev–Trinajstić information content (AvgIpc) is 3.47. The lowest BCUT2D eigenvalue weighted by atomic mass is 9.76. The van der Waals surface area contributed by atoms with E-state index < -0.39 is 17.5 Å². The van der Waals surface area contributed by atoms with E-state index in [2.05, 4.69) is 68.9 Å². The van der Waals surface area contributed by atoms with Crippen LogP contribution in [0, 0.1) is 12.4 Å². The first-order valence-electron chi connectivity index (χ1n) is 17.5. The van der Waals surface area contributed by atoms with E-state index in [-0.39, 0.29) is 44.6 Å². The summed E-state index contributed by atoms with van der Waals surface area (Å²) in [6, 6.07) is 21.4. The summed E-state index contributed by atoms with van der Waals surface area (Å²) < 4.78 is 28.4. The van der Waals surface area contributed by atoms with Crippen LogP contribution in [0.15, 0.2) is 83.7 Å². The third-order valence-corrected chi connectivity index (χ3v) is 10.6. The Morgan fingerprint density at radius 1 is 0.906 bits per heavy atom. The summed E-state index contributed by atoms with van der Waals surface area (Å²) in [5.74, 6) is -0.856. The van der Waals surface area contributed by atoms with Gasteiger partial charge in [0.25, 0.3) is 5.91 Å². The lowest BCUT2D eigenvalue weighted by Gasteiger charge is -2.31. The van der Waals surface area contributed by atoms with Crippen molar-refractivity contribution in [3.8, 4) is 34.2 Å². The second-order valence-corrected chi connectivity index (χ2v) is 15.0. The molecule has 0 spiro atoms. The van der Waals surface area contributed by atoms with Crippen molar-refractivity contribution in [2.24, 2.45) is 0 Å². The molecule has 0 saturated heterocycles. The molecule has 1 atom stereocenters. The molecule has 1 aromatic heterocycles. The summed E-state index contributed by atoms with van der Waals surface area (Å²) in [6.07, 6.45) is 1.57. The van der Waals surface area contributed by atoms with E-state index in [1.54, 1.807) is 42.5 Å². The van der Waals surface area contributed by atoms with Gasteiger partial charge in [0.1, 0.15) is 11.4 Å². The summed E-state index contributed by atoms with van der Waals surface area (Å²) >= 11 is 12.4. The maximum Gasteiger partial charge on any atom is 0.314 e. The molecule has 0 bridgehead atoms. The van der Waals surface area contributed by atoms with Crippen molar-refractivity contribution in [2.75, 3.05) is 5.32 Å². The first-order chi connectivity index (χ1) is 25.1. The van der Waals surface area contributed by atoms with Gasteiger partial charge in [-0.3, -0.25) is 14.7 Å². The third-order valence-electron chi connectivity index (χ3n) is 9.90. The summed E-state index contributed by atoms with van der Waals surface area (Å²) in [5.41, 5.74) is 3.20. The molecule has 8 nitrogen and oxygen atoms in total. The summed E-state index contributed by atoms with van der Waals surface area (Å²) in [7, 11) is 0. The number of benzene rings is 4. The molecule has 0 aliphatic heterocycles. The molecule has 2 N–H and O–H groups in total. The van der Waals surface area contributed by atoms with Crippen LogP contribution >= 0.6 is 23.2 Å². The summed E-state index contributed by atoms with van der Waals surface area (Å²) in [6.45, 7) is 22.2. The monoisotopic (exact) mass is 756 g/mol. The van der Waals surface area contributed by atoms with Gasteiger partial charge < -0.3 is 14.8 Å². The second-order valence-electron chi connectivity index (χ2n) is 14.2. The maximum absolute atomic E-state index is 14.9. The van der Waals surface area contributed by atoms with Gasteiger partial charge in [0.05, 0.1) is 22.3 Å². The number of nitrogens with one attached hydrogen (secondary N) is 2. The fraction of sp³-hybridized carbons (Fsp3) is 0.310. The van der Waals surface area contributed by atoms with E-state index in [0.717, 1.165) is 24.5 Å². The topological polar surface area (TPSA) is 89.7 Å². The van der Waals surface area contributed by atoms with E-state index in [4.69, 9.17) is 39.2 Å². The highest BCUT2D eigenvalue weighted by Crippen LogP contribution is 2.39. The van der Waals surface area contributed by atoms with Gasteiger partial charge in [-0.2, -0.15) is 0 Å². The van der Waals surface area contributed by atoms with Gasteiger partial charge in [0, 0.05) is 16.8 Å². The molecule has 53 heavy (non-hydrogen) atoms. The molecule has 4 aromatic carbocycles. The predicted octanol–water partition coefficient (Wildman–Crippen LogP) is 11.8. The average molecular weight is 758 g/mol. The first-order valence-corrected chi connectivity index (χ1v) is 18.3. The fourth-order valence-corrected chi connectivity index (χ4v) is 5.96. The molecule has 0 radical (unpaired) electrons. The van der Waals surface area contributed by atoms with Crippen LogP contribution in [0.25, 0.3) is 21.8 Å². The number of aromatic nitrogens is 2. The van der Waals surface area contributed by atoms with Crippen LogP contribution in [0.3, 0.4) is 0 Å². The zero-order valence-corrected chi connectivity index (χ0v) is 32.4. The van der Waals surface area contributed by atoms with Crippen molar-refractivity contribution >= 4 is 40.5 Å². The minimum atomic E-state index is -0.803. The van der Waals surface area contributed by atoms with Crippen molar-refractivity contribution in [1.29, 1.82) is 0 Å². The molecular weight excluding hydrogens is 714 g/mol. The number of H-pyrrole nitrogens is 1. The maximum atomic E-state index is 14.9. The molecule has 5 rings (SSSR count). The van der Waals surface area contributed by atoms with Gasteiger partial charge in [-0.1, -0.05) is 95.9 Å². The zero-order chi connectivity index (χ0) is 38.7. The van der Waals surface area contributed by atoms with Crippen molar-refractivity contribution in [2.45, 2.75) is 84.7 Å². The zero-order valence-electron chi connectivity index (χ0n) is 30.9.